The number of carbonyl (C=O) groups is 1. The van der Waals surface area contributed by atoms with Crippen molar-refractivity contribution in [1.29, 1.82) is 0 Å². The van der Waals surface area contributed by atoms with E-state index in [1.54, 1.807) is 13.2 Å². The molecule has 0 fully saturated rings. The van der Waals surface area contributed by atoms with Gasteiger partial charge in [0.05, 0.1) is 7.11 Å². The number of hydrogen-bond acceptors (Lipinski definition) is 3. The SMILES string of the molecule is COc1ccc(/C=C/C(=O)OCC#CI)cc1. The van der Waals surface area contributed by atoms with Gasteiger partial charge in [0.1, 0.15) is 5.75 Å². The number of esters is 1. The molecule has 0 aromatic heterocycles. The first-order valence-electron chi connectivity index (χ1n) is 4.83. The number of carbonyl (C=O) groups excluding carboxylic acids is 1. The first-order valence-corrected chi connectivity index (χ1v) is 5.91. The highest BCUT2D eigenvalue weighted by atomic mass is 127. The summed E-state index contributed by atoms with van der Waals surface area (Å²) in [5.74, 6) is 3.01. The normalized spacial score (nSPS) is 9.53. The van der Waals surface area contributed by atoms with E-state index < -0.39 is 5.97 Å². The van der Waals surface area contributed by atoms with Gasteiger partial charge in [-0.15, -0.1) is 0 Å². The van der Waals surface area contributed by atoms with Gasteiger partial charge in [-0.1, -0.05) is 18.1 Å². The molecule has 0 radical (unpaired) electrons. The molecule has 17 heavy (non-hydrogen) atoms. The lowest BCUT2D eigenvalue weighted by Crippen LogP contribution is -1.99. The van der Waals surface area contributed by atoms with Crippen LogP contribution in [-0.4, -0.2) is 19.7 Å². The van der Waals surface area contributed by atoms with Gasteiger partial charge in [0, 0.05) is 28.7 Å². The van der Waals surface area contributed by atoms with Gasteiger partial charge in [-0.25, -0.2) is 4.79 Å². The van der Waals surface area contributed by atoms with Gasteiger partial charge in [-0.2, -0.15) is 0 Å². The zero-order chi connectivity index (χ0) is 12.5. The van der Waals surface area contributed by atoms with Crippen LogP contribution >= 0.6 is 22.6 Å². The third kappa shape index (κ3) is 5.41. The van der Waals surface area contributed by atoms with Crippen molar-refractivity contribution in [1.82, 2.24) is 0 Å². The Morgan fingerprint density at radius 3 is 2.71 bits per heavy atom. The first kappa shape index (κ1) is 13.6. The molecule has 0 bridgehead atoms. The van der Waals surface area contributed by atoms with Crippen molar-refractivity contribution in [3.05, 3.63) is 35.9 Å². The average Bonchev–Trinajstić information content (AvgIpc) is 2.37. The van der Waals surface area contributed by atoms with Crippen molar-refractivity contribution in [3.8, 4) is 15.6 Å². The molecule has 4 heteroatoms. The predicted octanol–water partition coefficient (Wildman–Crippen LogP) is 2.65. The summed E-state index contributed by atoms with van der Waals surface area (Å²) in [6.45, 7) is 0.120. The van der Waals surface area contributed by atoms with Crippen molar-refractivity contribution in [3.63, 3.8) is 0 Å². The number of halogens is 1. The summed E-state index contributed by atoms with van der Waals surface area (Å²) >= 11 is 1.89. The Morgan fingerprint density at radius 1 is 1.41 bits per heavy atom. The van der Waals surface area contributed by atoms with Gasteiger partial charge in [0.15, 0.2) is 6.61 Å². The zero-order valence-electron chi connectivity index (χ0n) is 9.27. The fourth-order valence-electron chi connectivity index (χ4n) is 1.06. The smallest absolute Gasteiger partial charge is 0.331 e. The lowest BCUT2D eigenvalue weighted by atomic mass is 10.2. The molecule has 1 aromatic carbocycles. The topological polar surface area (TPSA) is 35.5 Å². The number of methoxy groups -OCH3 is 1. The summed E-state index contributed by atoms with van der Waals surface area (Å²) in [5.41, 5.74) is 0.905. The quantitative estimate of drug-likeness (QED) is 0.365. The van der Waals surface area contributed by atoms with E-state index in [0.717, 1.165) is 11.3 Å². The monoisotopic (exact) mass is 342 g/mol. The maximum Gasteiger partial charge on any atom is 0.331 e. The summed E-state index contributed by atoms with van der Waals surface area (Å²) < 4.78 is 12.5. The van der Waals surface area contributed by atoms with E-state index in [0.29, 0.717) is 0 Å². The lowest BCUT2D eigenvalue weighted by molar-refractivity contribution is -0.136. The molecular weight excluding hydrogens is 331 g/mol. The highest BCUT2D eigenvalue weighted by Gasteiger charge is 1.95. The number of benzene rings is 1. The number of hydrogen-bond donors (Lipinski definition) is 0. The highest BCUT2D eigenvalue weighted by molar-refractivity contribution is 14.1. The summed E-state index contributed by atoms with van der Waals surface area (Å²) in [7, 11) is 1.61. The second-order valence-electron chi connectivity index (χ2n) is 2.99. The summed E-state index contributed by atoms with van der Waals surface area (Å²) in [5, 5.41) is 0. The summed E-state index contributed by atoms with van der Waals surface area (Å²) in [6.07, 6.45) is 3.05. The zero-order valence-corrected chi connectivity index (χ0v) is 11.4. The Bertz CT molecular complexity index is 452. The van der Waals surface area contributed by atoms with Crippen molar-refractivity contribution in [2.75, 3.05) is 13.7 Å². The molecule has 1 aromatic rings. The van der Waals surface area contributed by atoms with E-state index in [-0.39, 0.29) is 6.61 Å². The van der Waals surface area contributed by atoms with Crippen LogP contribution in [0.15, 0.2) is 30.3 Å². The van der Waals surface area contributed by atoms with Crippen molar-refractivity contribution in [2.45, 2.75) is 0 Å². The minimum absolute atomic E-state index is 0.120. The van der Waals surface area contributed by atoms with E-state index in [1.807, 2.05) is 46.9 Å². The summed E-state index contributed by atoms with van der Waals surface area (Å²) in [4.78, 5) is 11.2. The lowest BCUT2D eigenvalue weighted by Gasteiger charge is -1.99. The average molecular weight is 342 g/mol. The van der Waals surface area contributed by atoms with Crippen LogP contribution < -0.4 is 4.74 Å². The van der Waals surface area contributed by atoms with E-state index in [1.165, 1.54) is 6.08 Å². The Hall–Kier alpha value is -1.48. The van der Waals surface area contributed by atoms with Gasteiger partial charge in [0.25, 0.3) is 0 Å². The van der Waals surface area contributed by atoms with Crippen molar-refractivity contribution < 1.29 is 14.3 Å². The van der Waals surface area contributed by atoms with Crippen LogP contribution in [0.3, 0.4) is 0 Å². The Labute approximate surface area is 114 Å². The van der Waals surface area contributed by atoms with Crippen molar-refractivity contribution >= 4 is 34.6 Å². The van der Waals surface area contributed by atoms with Crippen LogP contribution in [0.1, 0.15) is 5.56 Å². The predicted molar refractivity (Wildman–Crippen MR) is 74.8 cm³/mol. The molecule has 0 saturated heterocycles. The minimum Gasteiger partial charge on any atom is -0.497 e. The van der Waals surface area contributed by atoms with Gasteiger partial charge in [-0.3, -0.25) is 0 Å². The molecule has 0 heterocycles. The van der Waals surface area contributed by atoms with Gasteiger partial charge >= 0.3 is 5.97 Å². The summed E-state index contributed by atoms with van der Waals surface area (Å²) in [6, 6.07) is 7.36. The fourth-order valence-corrected chi connectivity index (χ4v) is 1.22. The maximum atomic E-state index is 11.2. The molecule has 0 aliphatic heterocycles. The van der Waals surface area contributed by atoms with E-state index in [9.17, 15) is 4.79 Å². The Balaban J connectivity index is 2.50. The number of ether oxygens (including phenoxy) is 2. The van der Waals surface area contributed by atoms with Crippen LogP contribution in [0, 0.1) is 9.85 Å². The number of rotatable bonds is 4. The molecule has 3 nitrogen and oxygen atoms in total. The van der Waals surface area contributed by atoms with Gasteiger partial charge in [0.2, 0.25) is 0 Å². The third-order valence-electron chi connectivity index (χ3n) is 1.88. The van der Waals surface area contributed by atoms with Crippen LogP contribution in [-0.2, 0) is 9.53 Å². The minimum atomic E-state index is -0.403. The molecule has 0 spiro atoms. The Kier molecular flexibility index (Phi) is 6.18. The van der Waals surface area contributed by atoms with Crippen molar-refractivity contribution in [2.24, 2.45) is 0 Å². The second kappa shape index (κ2) is 7.74. The molecule has 88 valence electrons. The molecule has 0 unspecified atom stereocenters. The van der Waals surface area contributed by atoms with Crippen LogP contribution in [0.4, 0.5) is 0 Å². The fraction of sp³-hybridized carbons (Fsp3) is 0.154. The molecular formula is C13H11IO3. The van der Waals surface area contributed by atoms with E-state index in [2.05, 4.69) is 9.85 Å². The van der Waals surface area contributed by atoms with Gasteiger partial charge < -0.3 is 9.47 Å². The van der Waals surface area contributed by atoms with E-state index >= 15 is 0 Å². The van der Waals surface area contributed by atoms with Crippen LogP contribution in [0.25, 0.3) is 6.08 Å². The third-order valence-corrected chi connectivity index (χ3v) is 2.26. The maximum absolute atomic E-state index is 11.2. The molecule has 0 amide bonds. The standard InChI is InChI=1S/C13H11IO3/c1-16-12-6-3-11(4-7-12)5-8-13(15)17-10-2-9-14/h3-8H,10H2,1H3/b8-5+. The molecule has 0 aliphatic rings. The Morgan fingerprint density at radius 2 is 2.12 bits per heavy atom. The molecule has 0 atom stereocenters. The van der Waals surface area contributed by atoms with E-state index in [4.69, 9.17) is 9.47 Å². The molecule has 1 rings (SSSR count). The molecule has 0 aliphatic carbocycles. The molecule has 0 N–H and O–H groups in total. The largest absolute Gasteiger partial charge is 0.497 e. The van der Waals surface area contributed by atoms with Crippen LogP contribution in [0.5, 0.6) is 5.75 Å². The second-order valence-corrected chi connectivity index (χ2v) is 3.52. The van der Waals surface area contributed by atoms with Crippen LogP contribution in [0.2, 0.25) is 0 Å². The molecule has 0 saturated carbocycles. The highest BCUT2D eigenvalue weighted by Crippen LogP contribution is 2.12. The van der Waals surface area contributed by atoms with Gasteiger partial charge in [-0.05, 0) is 27.7 Å². The first-order chi connectivity index (χ1) is 8.26.